The molecule has 22 heavy (non-hydrogen) atoms. The second kappa shape index (κ2) is 6.34. The van der Waals surface area contributed by atoms with Crippen LogP contribution in [0.4, 0.5) is 0 Å². The van der Waals surface area contributed by atoms with Gasteiger partial charge in [-0.15, -0.1) is 10.2 Å². The number of aromatic nitrogens is 3. The van der Waals surface area contributed by atoms with Crippen LogP contribution in [0.25, 0.3) is 15.2 Å². The fourth-order valence-corrected chi connectivity index (χ4v) is 3.94. The Kier molecular flexibility index (Phi) is 4.27. The summed E-state index contributed by atoms with van der Waals surface area (Å²) >= 11 is 2.95. The van der Waals surface area contributed by atoms with E-state index in [1.54, 1.807) is 23.3 Å². The first kappa shape index (κ1) is 14.8. The minimum absolute atomic E-state index is 0.0171. The molecule has 0 unspecified atom stereocenters. The lowest BCUT2D eigenvalue weighted by Crippen LogP contribution is -2.29. The Hall–Kier alpha value is -2.11. The molecule has 112 valence electrons. The van der Waals surface area contributed by atoms with Crippen molar-refractivity contribution in [2.24, 2.45) is 0 Å². The van der Waals surface area contributed by atoms with Crippen LogP contribution < -0.4 is 0 Å². The maximum atomic E-state index is 12.0. The van der Waals surface area contributed by atoms with Gasteiger partial charge in [-0.2, -0.15) is 5.26 Å². The van der Waals surface area contributed by atoms with Gasteiger partial charge < -0.3 is 4.90 Å². The van der Waals surface area contributed by atoms with Crippen LogP contribution in [0.2, 0.25) is 0 Å². The molecule has 0 spiro atoms. The molecule has 0 bridgehead atoms. The highest BCUT2D eigenvalue weighted by atomic mass is 32.2. The normalized spacial score (nSPS) is 10.9. The van der Waals surface area contributed by atoms with E-state index >= 15 is 0 Å². The fraction of sp³-hybridized carbons (Fsp3) is 0.286. The highest BCUT2D eigenvalue weighted by Gasteiger charge is 2.15. The molecule has 0 saturated carbocycles. The summed E-state index contributed by atoms with van der Waals surface area (Å²) in [5.74, 6) is 0.268. The van der Waals surface area contributed by atoms with E-state index in [1.807, 2.05) is 34.7 Å². The third kappa shape index (κ3) is 2.77. The van der Waals surface area contributed by atoms with Crippen LogP contribution in [0.3, 0.4) is 0 Å². The van der Waals surface area contributed by atoms with Gasteiger partial charge in [0.05, 0.1) is 28.5 Å². The van der Waals surface area contributed by atoms with Crippen molar-refractivity contribution in [2.75, 3.05) is 19.3 Å². The highest BCUT2D eigenvalue weighted by Crippen LogP contribution is 2.29. The van der Waals surface area contributed by atoms with Crippen molar-refractivity contribution in [1.29, 1.82) is 5.26 Å². The Morgan fingerprint density at radius 2 is 2.27 bits per heavy atom. The first-order valence-electron chi connectivity index (χ1n) is 6.67. The lowest BCUT2D eigenvalue weighted by atomic mass is 10.3. The number of nitriles is 1. The number of nitrogens with zero attached hydrogens (tertiary/aromatic N) is 5. The number of rotatable bonds is 5. The monoisotopic (exact) mass is 331 g/mol. The van der Waals surface area contributed by atoms with E-state index in [1.165, 1.54) is 11.8 Å². The number of para-hydroxylation sites is 1. The molecular weight excluding hydrogens is 318 g/mol. The summed E-state index contributed by atoms with van der Waals surface area (Å²) in [6.45, 7) is 0.451. The molecule has 1 aromatic carbocycles. The van der Waals surface area contributed by atoms with Crippen LogP contribution >= 0.6 is 23.1 Å². The zero-order valence-electron chi connectivity index (χ0n) is 11.9. The Bertz CT molecular complexity index is 863. The molecule has 0 aliphatic rings. The third-order valence-electron chi connectivity index (χ3n) is 3.22. The van der Waals surface area contributed by atoms with Crippen molar-refractivity contribution < 1.29 is 4.79 Å². The molecule has 0 N–H and O–H groups in total. The first-order chi connectivity index (χ1) is 10.7. The van der Waals surface area contributed by atoms with Gasteiger partial charge in [-0.3, -0.25) is 9.20 Å². The number of thioether (sulfide) groups is 1. The standard InChI is InChI=1S/C14H13N5OS2/c1-18(8-4-7-15)12(20)9-21-13-16-17-14-19(13)10-5-2-3-6-11(10)22-14/h2-3,5-6H,4,8-9H2,1H3. The molecule has 0 atom stereocenters. The van der Waals surface area contributed by atoms with Gasteiger partial charge in [0.25, 0.3) is 0 Å². The van der Waals surface area contributed by atoms with Crippen molar-refractivity contribution in [3.8, 4) is 6.07 Å². The fourth-order valence-electron chi connectivity index (χ4n) is 2.03. The van der Waals surface area contributed by atoms with E-state index in [4.69, 9.17) is 5.26 Å². The topological polar surface area (TPSA) is 74.3 Å². The number of fused-ring (bicyclic) bond motifs is 3. The van der Waals surface area contributed by atoms with Crippen molar-refractivity contribution in [3.63, 3.8) is 0 Å². The largest absolute Gasteiger partial charge is 0.344 e. The van der Waals surface area contributed by atoms with E-state index in [9.17, 15) is 4.79 Å². The summed E-state index contributed by atoms with van der Waals surface area (Å²) in [6, 6.07) is 10.1. The number of hydrogen-bond donors (Lipinski definition) is 0. The first-order valence-corrected chi connectivity index (χ1v) is 8.47. The van der Waals surface area contributed by atoms with Crippen LogP contribution in [-0.4, -0.2) is 44.8 Å². The van der Waals surface area contributed by atoms with E-state index in [0.29, 0.717) is 13.0 Å². The van der Waals surface area contributed by atoms with Crippen LogP contribution in [0, 0.1) is 11.3 Å². The third-order valence-corrected chi connectivity index (χ3v) is 5.15. The van der Waals surface area contributed by atoms with Gasteiger partial charge in [-0.1, -0.05) is 35.2 Å². The summed E-state index contributed by atoms with van der Waals surface area (Å²) in [4.78, 5) is 14.4. The smallest absolute Gasteiger partial charge is 0.232 e. The van der Waals surface area contributed by atoms with Gasteiger partial charge in [-0.05, 0) is 12.1 Å². The Morgan fingerprint density at radius 3 is 3.09 bits per heavy atom. The van der Waals surface area contributed by atoms with Gasteiger partial charge in [-0.25, -0.2) is 0 Å². The molecule has 0 radical (unpaired) electrons. The van der Waals surface area contributed by atoms with Crippen molar-refractivity contribution in [1.82, 2.24) is 19.5 Å². The van der Waals surface area contributed by atoms with E-state index in [-0.39, 0.29) is 11.7 Å². The number of thiazole rings is 1. The number of amides is 1. The van der Waals surface area contributed by atoms with Gasteiger partial charge in [0.15, 0.2) is 5.16 Å². The molecular formula is C14H13N5OS2. The van der Waals surface area contributed by atoms with E-state index < -0.39 is 0 Å². The van der Waals surface area contributed by atoms with Crippen LogP contribution in [-0.2, 0) is 4.79 Å². The second-order valence-electron chi connectivity index (χ2n) is 4.68. The second-order valence-corrected chi connectivity index (χ2v) is 6.63. The lowest BCUT2D eigenvalue weighted by Gasteiger charge is -2.14. The molecule has 3 aromatic rings. The summed E-state index contributed by atoms with van der Waals surface area (Å²) in [5.41, 5.74) is 1.06. The van der Waals surface area contributed by atoms with Gasteiger partial charge >= 0.3 is 0 Å². The van der Waals surface area contributed by atoms with Crippen LogP contribution in [0.15, 0.2) is 29.4 Å². The van der Waals surface area contributed by atoms with Crippen molar-refractivity contribution in [2.45, 2.75) is 11.6 Å². The zero-order chi connectivity index (χ0) is 15.5. The Balaban J connectivity index is 1.77. The summed E-state index contributed by atoms with van der Waals surface area (Å²) < 4.78 is 3.12. The number of carbonyl (C=O) groups is 1. The van der Waals surface area contributed by atoms with Crippen LogP contribution in [0.1, 0.15) is 6.42 Å². The average Bonchev–Trinajstić information content (AvgIpc) is 3.09. The molecule has 2 heterocycles. The molecule has 0 saturated heterocycles. The minimum atomic E-state index is -0.0171. The molecule has 2 aromatic heterocycles. The quantitative estimate of drug-likeness (QED) is 0.671. The predicted octanol–water partition coefficient (Wildman–Crippen LogP) is 2.41. The maximum absolute atomic E-state index is 12.0. The SMILES string of the molecule is CN(CCC#N)C(=O)CSc1nnc2sc3ccccc3n12. The highest BCUT2D eigenvalue weighted by molar-refractivity contribution is 7.99. The van der Waals surface area contributed by atoms with Gasteiger partial charge in [0.2, 0.25) is 10.9 Å². The molecule has 0 aliphatic heterocycles. The molecule has 6 nitrogen and oxygen atoms in total. The molecule has 0 aliphatic carbocycles. The van der Waals surface area contributed by atoms with Crippen LogP contribution in [0.5, 0.6) is 0 Å². The molecule has 1 amide bonds. The number of benzene rings is 1. The summed E-state index contributed by atoms with van der Waals surface area (Å²) in [5, 5.41) is 17.6. The van der Waals surface area contributed by atoms with Crippen molar-refractivity contribution >= 4 is 44.2 Å². The Labute approximate surface area is 135 Å². The van der Waals surface area contributed by atoms with Crippen molar-refractivity contribution in [3.05, 3.63) is 24.3 Å². The van der Waals surface area contributed by atoms with Gasteiger partial charge in [0, 0.05) is 13.6 Å². The molecule has 3 rings (SSSR count). The minimum Gasteiger partial charge on any atom is -0.344 e. The van der Waals surface area contributed by atoms with E-state index in [0.717, 1.165) is 20.3 Å². The van der Waals surface area contributed by atoms with Gasteiger partial charge in [0.1, 0.15) is 0 Å². The average molecular weight is 331 g/mol. The lowest BCUT2D eigenvalue weighted by molar-refractivity contribution is -0.127. The summed E-state index contributed by atoms with van der Waals surface area (Å²) in [7, 11) is 1.71. The zero-order valence-corrected chi connectivity index (χ0v) is 13.5. The summed E-state index contributed by atoms with van der Waals surface area (Å²) in [6.07, 6.45) is 0.344. The molecule has 8 heteroatoms. The number of carbonyl (C=O) groups excluding carboxylic acids is 1. The van der Waals surface area contributed by atoms with E-state index in [2.05, 4.69) is 10.2 Å². The predicted molar refractivity (Wildman–Crippen MR) is 87.0 cm³/mol. The maximum Gasteiger partial charge on any atom is 0.232 e. The number of hydrogen-bond acceptors (Lipinski definition) is 6. The molecule has 0 fully saturated rings. The Morgan fingerprint density at radius 1 is 1.45 bits per heavy atom.